The second kappa shape index (κ2) is 5.21. The van der Waals surface area contributed by atoms with Crippen LogP contribution >= 0.6 is 15.9 Å². The van der Waals surface area contributed by atoms with Crippen molar-refractivity contribution < 1.29 is 0 Å². The molecule has 1 nitrogen and oxygen atoms in total. The van der Waals surface area contributed by atoms with Crippen LogP contribution in [0.5, 0.6) is 0 Å². The predicted octanol–water partition coefficient (Wildman–Crippen LogP) is 3.16. The fraction of sp³-hybridized carbons (Fsp3) is 0.571. The summed E-state index contributed by atoms with van der Waals surface area (Å²) >= 11 is 3.65. The van der Waals surface area contributed by atoms with Gasteiger partial charge in [0, 0.05) is 5.92 Å². The van der Waals surface area contributed by atoms with E-state index in [2.05, 4.69) is 27.8 Å². The largest absolute Gasteiger partial charge is 0.322 e. The van der Waals surface area contributed by atoms with E-state index >= 15 is 0 Å². The Kier molecular flexibility index (Phi) is 3.89. The summed E-state index contributed by atoms with van der Waals surface area (Å²) in [5, 5.41) is 0. The summed E-state index contributed by atoms with van der Waals surface area (Å²) < 4.78 is -0.348. The van der Waals surface area contributed by atoms with E-state index in [1.165, 1.54) is 32.1 Å². The highest BCUT2D eigenvalue weighted by molar-refractivity contribution is 9.10. The number of hydrogen-bond donors (Lipinski definition) is 1. The molecule has 2 N–H and O–H groups in total. The first-order chi connectivity index (χ1) is 7.71. The standard InChI is InChI=1S/C14H18BrN/c15-14(10-5-4-8-13(14)16)11-9-12-6-2-1-3-7-12/h4-5,8,10,12-13H,1-3,6-7,16H2. The minimum Gasteiger partial charge on any atom is -0.322 e. The van der Waals surface area contributed by atoms with Gasteiger partial charge in [0.05, 0.1) is 6.04 Å². The zero-order valence-corrected chi connectivity index (χ0v) is 11.0. The number of nitrogens with two attached hydrogens (primary N) is 1. The number of allylic oxidation sites excluding steroid dienone is 2. The predicted molar refractivity (Wildman–Crippen MR) is 72.3 cm³/mol. The van der Waals surface area contributed by atoms with Gasteiger partial charge in [-0.3, -0.25) is 0 Å². The summed E-state index contributed by atoms with van der Waals surface area (Å²) in [4.78, 5) is 0. The van der Waals surface area contributed by atoms with Gasteiger partial charge in [0.15, 0.2) is 0 Å². The number of hydrogen-bond acceptors (Lipinski definition) is 1. The van der Waals surface area contributed by atoms with Crippen molar-refractivity contribution in [2.45, 2.75) is 42.5 Å². The first-order valence-electron chi connectivity index (χ1n) is 6.04. The van der Waals surface area contributed by atoms with E-state index in [0.29, 0.717) is 5.92 Å². The molecule has 0 aromatic carbocycles. The molecule has 2 heteroatoms. The van der Waals surface area contributed by atoms with Crippen molar-refractivity contribution in [2.75, 3.05) is 0 Å². The minimum atomic E-state index is -0.348. The Morgan fingerprint density at radius 1 is 1.19 bits per heavy atom. The van der Waals surface area contributed by atoms with E-state index < -0.39 is 0 Å². The molecule has 1 saturated carbocycles. The highest BCUT2D eigenvalue weighted by Crippen LogP contribution is 2.28. The molecule has 1 fully saturated rings. The lowest BCUT2D eigenvalue weighted by Crippen LogP contribution is -2.40. The van der Waals surface area contributed by atoms with E-state index in [4.69, 9.17) is 5.73 Å². The molecule has 2 rings (SSSR count). The zero-order valence-electron chi connectivity index (χ0n) is 9.45. The minimum absolute atomic E-state index is 0.0476. The van der Waals surface area contributed by atoms with Gasteiger partial charge in [-0.25, -0.2) is 0 Å². The Balaban J connectivity index is 2.05. The molecule has 0 aromatic rings. The smallest absolute Gasteiger partial charge is 0.123 e. The second-order valence-electron chi connectivity index (χ2n) is 4.64. The van der Waals surface area contributed by atoms with E-state index in [-0.39, 0.29) is 10.4 Å². The van der Waals surface area contributed by atoms with Crippen molar-refractivity contribution in [1.82, 2.24) is 0 Å². The molecular weight excluding hydrogens is 262 g/mol. The molecule has 2 aliphatic rings. The monoisotopic (exact) mass is 279 g/mol. The average Bonchev–Trinajstić information content (AvgIpc) is 2.32. The first kappa shape index (κ1) is 12.0. The van der Waals surface area contributed by atoms with Crippen LogP contribution in [0.15, 0.2) is 24.3 Å². The van der Waals surface area contributed by atoms with Crippen molar-refractivity contribution in [3.05, 3.63) is 24.3 Å². The lowest BCUT2D eigenvalue weighted by Gasteiger charge is -2.25. The van der Waals surface area contributed by atoms with Gasteiger partial charge < -0.3 is 5.73 Å². The third kappa shape index (κ3) is 2.78. The topological polar surface area (TPSA) is 26.0 Å². The Hall–Kier alpha value is -0.520. The fourth-order valence-electron chi connectivity index (χ4n) is 2.22. The highest BCUT2D eigenvalue weighted by atomic mass is 79.9. The Bertz CT molecular complexity index is 355. The summed E-state index contributed by atoms with van der Waals surface area (Å²) in [5.41, 5.74) is 6.04. The molecule has 2 aliphatic carbocycles. The zero-order chi connectivity index (χ0) is 11.4. The van der Waals surface area contributed by atoms with E-state index in [1.807, 2.05) is 24.3 Å². The van der Waals surface area contributed by atoms with Crippen molar-refractivity contribution >= 4 is 15.9 Å². The molecular formula is C14H18BrN. The third-order valence-corrected chi connectivity index (χ3v) is 4.32. The molecule has 86 valence electrons. The molecule has 0 spiro atoms. The Morgan fingerprint density at radius 2 is 1.94 bits per heavy atom. The normalized spacial score (nSPS) is 34.5. The quantitative estimate of drug-likeness (QED) is 0.535. The van der Waals surface area contributed by atoms with Crippen LogP contribution in [0.3, 0.4) is 0 Å². The maximum atomic E-state index is 6.04. The Labute approximate surface area is 106 Å². The van der Waals surface area contributed by atoms with Crippen molar-refractivity contribution in [3.8, 4) is 11.8 Å². The summed E-state index contributed by atoms with van der Waals surface area (Å²) in [5.74, 6) is 7.30. The van der Waals surface area contributed by atoms with E-state index in [1.54, 1.807) is 0 Å². The highest BCUT2D eigenvalue weighted by Gasteiger charge is 2.29. The van der Waals surface area contributed by atoms with E-state index in [9.17, 15) is 0 Å². The van der Waals surface area contributed by atoms with Crippen LogP contribution in [-0.2, 0) is 0 Å². The average molecular weight is 280 g/mol. The van der Waals surface area contributed by atoms with Gasteiger partial charge in [-0.15, -0.1) is 0 Å². The Morgan fingerprint density at radius 3 is 2.62 bits per heavy atom. The first-order valence-corrected chi connectivity index (χ1v) is 6.83. The maximum Gasteiger partial charge on any atom is 0.123 e. The fourth-order valence-corrected chi connectivity index (χ4v) is 2.63. The molecule has 0 amide bonds. The summed E-state index contributed by atoms with van der Waals surface area (Å²) in [6, 6.07) is -0.0476. The number of rotatable bonds is 0. The van der Waals surface area contributed by atoms with Gasteiger partial charge in [0.2, 0.25) is 0 Å². The molecule has 2 atom stereocenters. The molecule has 2 unspecified atom stereocenters. The van der Waals surface area contributed by atoms with Crippen molar-refractivity contribution in [1.29, 1.82) is 0 Å². The van der Waals surface area contributed by atoms with Crippen LogP contribution in [0.4, 0.5) is 0 Å². The number of halogens is 1. The summed E-state index contributed by atoms with van der Waals surface area (Å²) in [7, 11) is 0. The SMILES string of the molecule is NC1C=CC=CC1(Br)C#CC1CCCCC1. The van der Waals surface area contributed by atoms with Gasteiger partial charge in [-0.2, -0.15) is 0 Å². The lowest BCUT2D eigenvalue weighted by atomic mass is 9.88. The third-order valence-electron chi connectivity index (χ3n) is 3.33. The maximum absolute atomic E-state index is 6.04. The summed E-state index contributed by atoms with van der Waals surface area (Å²) in [6.07, 6.45) is 14.6. The van der Waals surface area contributed by atoms with E-state index in [0.717, 1.165) is 0 Å². The molecule has 0 aromatic heterocycles. The van der Waals surface area contributed by atoms with Gasteiger partial charge in [-0.1, -0.05) is 71.3 Å². The molecule has 0 heterocycles. The van der Waals surface area contributed by atoms with Crippen LogP contribution in [0.25, 0.3) is 0 Å². The van der Waals surface area contributed by atoms with Gasteiger partial charge in [0.1, 0.15) is 4.32 Å². The lowest BCUT2D eigenvalue weighted by molar-refractivity contribution is 0.430. The molecule has 16 heavy (non-hydrogen) atoms. The molecule has 0 aliphatic heterocycles. The molecule has 0 bridgehead atoms. The second-order valence-corrected chi connectivity index (χ2v) is 5.95. The van der Waals surface area contributed by atoms with Gasteiger partial charge in [-0.05, 0) is 12.8 Å². The van der Waals surface area contributed by atoms with Crippen molar-refractivity contribution in [3.63, 3.8) is 0 Å². The van der Waals surface area contributed by atoms with Crippen LogP contribution in [0, 0.1) is 17.8 Å². The van der Waals surface area contributed by atoms with Crippen LogP contribution in [0.1, 0.15) is 32.1 Å². The molecule has 0 radical (unpaired) electrons. The number of alkyl halides is 1. The van der Waals surface area contributed by atoms with Gasteiger partial charge >= 0.3 is 0 Å². The van der Waals surface area contributed by atoms with Crippen LogP contribution < -0.4 is 5.73 Å². The van der Waals surface area contributed by atoms with Gasteiger partial charge in [0.25, 0.3) is 0 Å². The summed E-state index contributed by atoms with van der Waals surface area (Å²) in [6.45, 7) is 0. The van der Waals surface area contributed by atoms with Crippen LogP contribution in [-0.4, -0.2) is 10.4 Å². The van der Waals surface area contributed by atoms with Crippen LogP contribution in [0.2, 0.25) is 0 Å². The molecule has 0 saturated heterocycles. The van der Waals surface area contributed by atoms with Crippen molar-refractivity contribution in [2.24, 2.45) is 11.7 Å².